The molecule has 0 amide bonds. The van der Waals surface area contributed by atoms with Gasteiger partial charge in [0, 0.05) is 12.7 Å². The van der Waals surface area contributed by atoms with Crippen molar-refractivity contribution in [1.29, 1.82) is 0 Å². The molecule has 1 unspecified atom stereocenters. The van der Waals surface area contributed by atoms with Crippen molar-refractivity contribution in [2.24, 2.45) is 0 Å². The van der Waals surface area contributed by atoms with Crippen LogP contribution in [-0.2, 0) is 11.2 Å². The molecule has 0 aromatic carbocycles. The molecule has 0 saturated heterocycles. The highest BCUT2D eigenvalue weighted by atomic mass is 16.5. The fourth-order valence-corrected chi connectivity index (χ4v) is 2.03. The highest BCUT2D eigenvalue weighted by Crippen LogP contribution is 2.27. The van der Waals surface area contributed by atoms with E-state index in [9.17, 15) is 0 Å². The molecule has 0 radical (unpaired) electrons. The van der Waals surface area contributed by atoms with Crippen LogP contribution in [0.5, 0.6) is 0 Å². The molecule has 19 heavy (non-hydrogen) atoms. The molecule has 5 heteroatoms. The quantitative estimate of drug-likeness (QED) is 0.862. The van der Waals surface area contributed by atoms with Crippen LogP contribution in [0.4, 0.5) is 11.8 Å². The smallest absolute Gasteiger partial charge is 0.222 e. The number of aryl methyl sites for hydroxylation is 1. The van der Waals surface area contributed by atoms with E-state index in [1.807, 2.05) is 37.3 Å². The lowest BCUT2D eigenvalue weighted by Crippen LogP contribution is -2.08. The van der Waals surface area contributed by atoms with E-state index in [2.05, 4.69) is 9.97 Å². The molecule has 1 aliphatic carbocycles. The summed E-state index contributed by atoms with van der Waals surface area (Å²) in [5.74, 6) is 0.617. The van der Waals surface area contributed by atoms with Crippen LogP contribution in [0, 0.1) is 0 Å². The number of methoxy groups -OCH3 is 1. The lowest BCUT2D eigenvalue weighted by molar-refractivity contribution is 0.178. The second-order valence-corrected chi connectivity index (χ2v) is 4.21. The van der Waals surface area contributed by atoms with E-state index < -0.39 is 0 Å². The lowest BCUT2D eigenvalue weighted by Gasteiger charge is -2.11. The SMILES string of the molecule is CCc1nc(N)nc(N)c1C1=CC=CC(OC)C=C1. The Bertz CT molecular complexity index is 561. The maximum absolute atomic E-state index is 5.99. The summed E-state index contributed by atoms with van der Waals surface area (Å²) in [6.45, 7) is 2.01. The van der Waals surface area contributed by atoms with Gasteiger partial charge in [0.05, 0.1) is 11.8 Å². The normalized spacial score (nSPS) is 18.2. The van der Waals surface area contributed by atoms with Crippen molar-refractivity contribution in [2.45, 2.75) is 19.4 Å². The number of allylic oxidation sites excluding steroid dienone is 4. The van der Waals surface area contributed by atoms with Gasteiger partial charge in [-0.15, -0.1) is 0 Å². The predicted molar refractivity (Wildman–Crippen MR) is 77.3 cm³/mol. The summed E-state index contributed by atoms with van der Waals surface area (Å²) in [7, 11) is 1.67. The van der Waals surface area contributed by atoms with Crippen molar-refractivity contribution in [2.75, 3.05) is 18.6 Å². The Morgan fingerprint density at radius 3 is 2.74 bits per heavy atom. The largest absolute Gasteiger partial charge is 0.383 e. The van der Waals surface area contributed by atoms with Crippen LogP contribution in [0.25, 0.3) is 5.57 Å². The third kappa shape index (κ3) is 2.82. The minimum atomic E-state index is -0.0326. The second-order valence-electron chi connectivity index (χ2n) is 4.21. The maximum Gasteiger partial charge on any atom is 0.222 e. The summed E-state index contributed by atoms with van der Waals surface area (Å²) in [5, 5.41) is 0. The lowest BCUT2D eigenvalue weighted by atomic mass is 10.0. The van der Waals surface area contributed by atoms with Crippen LogP contribution >= 0.6 is 0 Å². The van der Waals surface area contributed by atoms with E-state index in [-0.39, 0.29) is 12.1 Å². The van der Waals surface area contributed by atoms with E-state index in [4.69, 9.17) is 16.2 Å². The van der Waals surface area contributed by atoms with Gasteiger partial charge in [-0.25, -0.2) is 4.98 Å². The summed E-state index contributed by atoms with van der Waals surface area (Å²) in [5.41, 5.74) is 14.3. The Labute approximate surface area is 112 Å². The summed E-state index contributed by atoms with van der Waals surface area (Å²) >= 11 is 0. The molecule has 0 fully saturated rings. The van der Waals surface area contributed by atoms with Gasteiger partial charge in [0.15, 0.2) is 0 Å². The highest BCUT2D eigenvalue weighted by molar-refractivity contribution is 5.82. The Morgan fingerprint density at radius 1 is 1.26 bits per heavy atom. The minimum Gasteiger partial charge on any atom is -0.383 e. The predicted octanol–water partition coefficient (Wildman–Crippen LogP) is 1.73. The molecule has 1 heterocycles. The first-order chi connectivity index (χ1) is 9.15. The van der Waals surface area contributed by atoms with Crippen LogP contribution in [0.15, 0.2) is 30.4 Å². The van der Waals surface area contributed by atoms with Crippen molar-refractivity contribution in [3.05, 3.63) is 41.6 Å². The number of hydrogen-bond acceptors (Lipinski definition) is 5. The van der Waals surface area contributed by atoms with Crippen LogP contribution < -0.4 is 11.5 Å². The summed E-state index contributed by atoms with van der Waals surface area (Å²) in [4.78, 5) is 8.30. The van der Waals surface area contributed by atoms with E-state index in [1.54, 1.807) is 7.11 Å². The molecule has 1 aromatic heterocycles. The highest BCUT2D eigenvalue weighted by Gasteiger charge is 2.14. The van der Waals surface area contributed by atoms with Gasteiger partial charge in [-0.1, -0.05) is 37.3 Å². The Kier molecular flexibility index (Phi) is 3.97. The Morgan fingerprint density at radius 2 is 2.05 bits per heavy atom. The van der Waals surface area contributed by atoms with Crippen molar-refractivity contribution in [3.63, 3.8) is 0 Å². The number of hydrogen-bond donors (Lipinski definition) is 2. The van der Waals surface area contributed by atoms with Crippen molar-refractivity contribution in [3.8, 4) is 0 Å². The molecule has 0 spiro atoms. The van der Waals surface area contributed by atoms with Crippen LogP contribution in [0.1, 0.15) is 18.2 Å². The maximum atomic E-state index is 5.99. The van der Waals surface area contributed by atoms with Crippen LogP contribution in [0.3, 0.4) is 0 Å². The zero-order valence-electron chi connectivity index (χ0n) is 11.1. The van der Waals surface area contributed by atoms with Crippen LogP contribution in [0.2, 0.25) is 0 Å². The van der Waals surface area contributed by atoms with Gasteiger partial charge in [0.2, 0.25) is 5.95 Å². The summed E-state index contributed by atoms with van der Waals surface area (Å²) in [6.07, 6.45) is 10.5. The zero-order valence-corrected chi connectivity index (χ0v) is 11.1. The monoisotopic (exact) mass is 258 g/mol. The number of rotatable bonds is 3. The molecule has 1 aromatic rings. The molecule has 0 bridgehead atoms. The topological polar surface area (TPSA) is 87.0 Å². The van der Waals surface area contributed by atoms with Crippen molar-refractivity contribution in [1.82, 2.24) is 9.97 Å². The first-order valence-corrected chi connectivity index (χ1v) is 6.17. The Hall–Kier alpha value is -2.14. The molecular formula is C14H18N4O. The number of nitrogens with zero attached hydrogens (tertiary/aromatic N) is 2. The van der Waals surface area contributed by atoms with Gasteiger partial charge >= 0.3 is 0 Å². The van der Waals surface area contributed by atoms with Gasteiger partial charge in [-0.05, 0) is 12.0 Å². The molecule has 0 aliphatic heterocycles. The molecule has 4 N–H and O–H groups in total. The fourth-order valence-electron chi connectivity index (χ4n) is 2.03. The number of ether oxygens (including phenoxy) is 1. The molecule has 0 saturated carbocycles. The summed E-state index contributed by atoms with van der Waals surface area (Å²) in [6, 6.07) is 0. The molecular weight excluding hydrogens is 240 g/mol. The standard InChI is InChI=1S/C14H18N4O/c1-3-11-12(13(15)18-14(16)17-11)9-5-4-6-10(19-2)8-7-9/h4-8,10H,3H2,1-2H3,(H4,15,16,17,18). The first kappa shape index (κ1) is 13.3. The van der Waals surface area contributed by atoms with Gasteiger partial charge < -0.3 is 16.2 Å². The second kappa shape index (κ2) is 5.67. The third-order valence-corrected chi connectivity index (χ3v) is 2.97. The molecule has 2 rings (SSSR count). The Balaban J connectivity index is 2.48. The summed E-state index contributed by atoms with van der Waals surface area (Å²) < 4.78 is 5.27. The minimum absolute atomic E-state index is 0.0326. The zero-order chi connectivity index (χ0) is 13.8. The van der Waals surface area contributed by atoms with Crippen molar-refractivity contribution >= 4 is 17.3 Å². The van der Waals surface area contributed by atoms with Crippen LogP contribution in [-0.4, -0.2) is 23.2 Å². The molecule has 5 nitrogen and oxygen atoms in total. The average molecular weight is 258 g/mol. The van der Waals surface area contributed by atoms with E-state index in [1.165, 1.54) is 0 Å². The first-order valence-electron chi connectivity index (χ1n) is 6.17. The average Bonchev–Trinajstić information content (AvgIpc) is 2.63. The van der Waals surface area contributed by atoms with Crippen molar-refractivity contribution < 1.29 is 4.74 Å². The fraction of sp³-hybridized carbons (Fsp3) is 0.286. The van der Waals surface area contributed by atoms with Gasteiger partial charge in [0.25, 0.3) is 0 Å². The molecule has 1 atom stereocenters. The third-order valence-electron chi connectivity index (χ3n) is 2.97. The van der Waals surface area contributed by atoms with E-state index in [0.29, 0.717) is 5.82 Å². The molecule has 1 aliphatic rings. The number of aromatic nitrogens is 2. The van der Waals surface area contributed by atoms with E-state index >= 15 is 0 Å². The number of nitrogens with two attached hydrogens (primary N) is 2. The molecule has 100 valence electrons. The van der Waals surface area contributed by atoms with Gasteiger partial charge in [-0.2, -0.15) is 4.98 Å². The number of anilines is 2. The van der Waals surface area contributed by atoms with E-state index in [0.717, 1.165) is 23.3 Å². The van der Waals surface area contributed by atoms with Gasteiger partial charge in [-0.3, -0.25) is 0 Å². The van der Waals surface area contributed by atoms with Gasteiger partial charge in [0.1, 0.15) is 5.82 Å². The number of nitrogen functional groups attached to an aromatic ring is 2.